The lowest BCUT2D eigenvalue weighted by Gasteiger charge is -2.28. The molecule has 0 fully saturated rings. The van der Waals surface area contributed by atoms with Gasteiger partial charge in [-0.3, -0.25) is 0 Å². The Morgan fingerprint density at radius 3 is 1.34 bits per heavy atom. The molecule has 0 aliphatic heterocycles. The van der Waals surface area contributed by atoms with E-state index in [9.17, 15) is 0 Å². The summed E-state index contributed by atoms with van der Waals surface area (Å²) in [6.45, 7) is 0. The van der Waals surface area contributed by atoms with Crippen LogP contribution in [0, 0.1) is 0 Å². The van der Waals surface area contributed by atoms with Gasteiger partial charge in [-0.25, -0.2) is 0 Å². The fourth-order valence-electron chi connectivity index (χ4n) is 8.20. The van der Waals surface area contributed by atoms with Gasteiger partial charge in [-0.05, 0) is 101 Å². The fraction of sp³-hybridized carbons (Fsp3) is 0. The summed E-state index contributed by atoms with van der Waals surface area (Å²) >= 11 is 0. The lowest BCUT2D eigenvalue weighted by atomic mass is 9.89. The van der Waals surface area contributed by atoms with Gasteiger partial charge in [-0.2, -0.15) is 0 Å². The summed E-state index contributed by atoms with van der Waals surface area (Å²) in [5.41, 5.74) is 10.7. The van der Waals surface area contributed by atoms with Crippen molar-refractivity contribution in [3.8, 4) is 33.4 Å². The molecule has 10 aromatic carbocycles. The van der Waals surface area contributed by atoms with E-state index in [1.165, 1.54) is 76.5 Å². The number of rotatable bonds is 6. The van der Waals surface area contributed by atoms with Crippen LogP contribution in [0.2, 0.25) is 0 Å². The first-order valence-electron chi connectivity index (χ1n) is 18.3. The summed E-state index contributed by atoms with van der Waals surface area (Å²) in [6, 6.07) is 77.2. The second-order valence-electron chi connectivity index (χ2n) is 13.7. The normalized spacial score (nSPS) is 11.4. The number of hydrogen-bond acceptors (Lipinski definition) is 1. The first-order valence-corrected chi connectivity index (χ1v) is 18.3. The zero-order chi connectivity index (χ0) is 35.1. The van der Waals surface area contributed by atoms with Crippen molar-refractivity contribution in [3.63, 3.8) is 0 Å². The molecule has 0 N–H and O–H groups in total. The van der Waals surface area contributed by atoms with Crippen LogP contribution in [0.3, 0.4) is 0 Å². The van der Waals surface area contributed by atoms with Gasteiger partial charge in [0.25, 0.3) is 0 Å². The Balaban J connectivity index is 1.19. The SMILES string of the molecule is c1ccc(-c2ccc(N(c3ccc(-c4ccc5ccccc5c4-c4ccccc4)cc3)c3cccc4c5ccccc5c5ccccc5c34)cc2)cc1. The number of fused-ring (bicyclic) bond motifs is 7. The van der Waals surface area contributed by atoms with E-state index >= 15 is 0 Å². The highest BCUT2D eigenvalue weighted by molar-refractivity contribution is 6.28. The van der Waals surface area contributed by atoms with Crippen molar-refractivity contribution in [2.45, 2.75) is 0 Å². The number of anilines is 3. The van der Waals surface area contributed by atoms with Gasteiger partial charge in [-0.1, -0.05) is 182 Å². The van der Waals surface area contributed by atoms with Gasteiger partial charge in [0, 0.05) is 16.8 Å². The fourth-order valence-corrected chi connectivity index (χ4v) is 8.20. The van der Waals surface area contributed by atoms with Crippen molar-refractivity contribution < 1.29 is 0 Å². The van der Waals surface area contributed by atoms with Gasteiger partial charge in [0.05, 0.1) is 5.69 Å². The lowest BCUT2D eigenvalue weighted by Crippen LogP contribution is -2.10. The van der Waals surface area contributed by atoms with E-state index < -0.39 is 0 Å². The van der Waals surface area contributed by atoms with Crippen LogP contribution in [0.15, 0.2) is 212 Å². The molecule has 10 aromatic rings. The molecule has 0 bridgehead atoms. The molecular weight excluding hydrogens is 639 g/mol. The van der Waals surface area contributed by atoms with Gasteiger partial charge in [-0.15, -0.1) is 0 Å². The molecular formula is C52H35N. The molecule has 0 spiro atoms. The van der Waals surface area contributed by atoms with Crippen molar-refractivity contribution in [1.82, 2.24) is 0 Å². The van der Waals surface area contributed by atoms with Crippen molar-refractivity contribution in [1.29, 1.82) is 0 Å². The Morgan fingerprint density at radius 2 is 0.717 bits per heavy atom. The summed E-state index contributed by atoms with van der Waals surface area (Å²) in [5.74, 6) is 0. The maximum absolute atomic E-state index is 2.43. The van der Waals surface area contributed by atoms with Crippen LogP contribution in [0.4, 0.5) is 17.1 Å². The Bertz CT molecular complexity index is 2860. The quantitative estimate of drug-likeness (QED) is 0.159. The average Bonchev–Trinajstić information content (AvgIpc) is 3.24. The molecule has 0 unspecified atom stereocenters. The van der Waals surface area contributed by atoms with Crippen molar-refractivity contribution >= 4 is 60.2 Å². The minimum Gasteiger partial charge on any atom is -0.310 e. The zero-order valence-electron chi connectivity index (χ0n) is 29.2. The zero-order valence-corrected chi connectivity index (χ0v) is 29.2. The summed E-state index contributed by atoms with van der Waals surface area (Å²) in [7, 11) is 0. The Labute approximate surface area is 309 Å². The van der Waals surface area contributed by atoms with E-state index in [4.69, 9.17) is 0 Å². The minimum atomic E-state index is 1.10. The molecule has 0 saturated carbocycles. The molecule has 0 aliphatic rings. The van der Waals surface area contributed by atoms with Crippen LogP contribution >= 0.6 is 0 Å². The van der Waals surface area contributed by atoms with Crippen LogP contribution in [0.5, 0.6) is 0 Å². The first kappa shape index (κ1) is 30.8. The van der Waals surface area contributed by atoms with E-state index in [0.29, 0.717) is 0 Å². The highest BCUT2D eigenvalue weighted by Gasteiger charge is 2.20. The second kappa shape index (κ2) is 13.0. The standard InChI is InChI=1S/C52H35N/c1-3-14-36(15-4-1)37-26-31-41(32-27-37)53(50-25-13-24-49-47-21-10-9-20-45(47)46-22-11-12-23-48(46)52(49)50)42-33-28-39(29-34-42)44-35-30-38-16-7-8-19-43(38)51(44)40-17-5-2-6-18-40/h1-35H. The lowest BCUT2D eigenvalue weighted by molar-refractivity contribution is 1.30. The molecule has 0 atom stereocenters. The summed E-state index contributed by atoms with van der Waals surface area (Å²) in [4.78, 5) is 2.43. The Hall–Kier alpha value is -6.96. The minimum absolute atomic E-state index is 1.10. The molecule has 0 saturated heterocycles. The third kappa shape index (κ3) is 5.34. The maximum Gasteiger partial charge on any atom is 0.0546 e. The van der Waals surface area contributed by atoms with Gasteiger partial charge in [0.15, 0.2) is 0 Å². The predicted molar refractivity (Wildman–Crippen MR) is 227 cm³/mol. The van der Waals surface area contributed by atoms with E-state index in [1.54, 1.807) is 0 Å². The van der Waals surface area contributed by atoms with E-state index in [-0.39, 0.29) is 0 Å². The second-order valence-corrected chi connectivity index (χ2v) is 13.7. The topological polar surface area (TPSA) is 3.24 Å². The highest BCUT2D eigenvalue weighted by Crippen LogP contribution is 2.46. The third-order valence-electron chi connectivity index (χ3n) is 10.6. The summed E-state index contributed by atoms with van der Waals surface area (Å²) in [6.07, 6.45) is 0. The molecule has 0 heterocycles. The largest absolute Gasteiger partial charge is 0.310 e. The summed E-state index contributed by atoms with van der Waals surface area (Å²) in [5, 5.41) is 10.1. The molecule has 0 radical (unpaired) electrons. The van der Waals surface area contributed by atoms with Crippen LogP contribution < -0.4 is 4.90 Å². The van der Waals surface area contributed by atoms with Crippen LogP contribution in [-0.4, -0.2) is 0 Å². The van der Waals surface area contributed by atoms with Crippen molar-refractivity contribution in [2.24, 2.45) is 0 Å². The van der Waals surface area contributed by atoms with Gasteiger partial charge in [0.2, 0.25) is 0 Å². The van der Waals surface area contributed by atoms with Gasteiger partial charge in [0.1, 0.15) is 0 Å². The number of hydrogen-bond donors (Lipinski definition) is 0. The van der Waals surface area contributed by atoms with Crippen LogP contribution in [0.25, 0.3) is 76.5 Å². The van der Waals surface area contributed by atoms with Crippen molar-refractivity contribution in [3.05, 3.63) is 212 Å². The molecule has 0 amide bonds. The van der Waals surface area contributed by atoms with E-state index in [0.717, 1.165) is 17.1 Å². The third-order valence-corrected chi connectivity index (χ3v) is 10.6. The average molecular weight is 674 g/mol. The number of nitrogens with zero attached hydrogens (tertiary/aromatic N) is 1. The molecule has 0 aliphatic carbocycles. The smallest absolute Gasteiger partial charge is 0.0546 e. The molecule has 10 rings (SSSR count). The summed E-state index contributed by atoms with van der Waals surface area (Å²) < 4.78 is 0. The van der Waals surface area contributed by atoms with E-state index in [1.807, 2.05) is 0 Å². The molecule has 248 valence electrons. The monoisotopic (exact) mass is 673 g/mol. The Morgan fingerprint density at radius 1 is 0.264 bits per heavy atom. The van der Waals surface area contributed by atoms with Crippen LogP contribution in [0.1, 0.15) is 0 Å². The molecule has 1 nitrogen and oxygen atoms in total. The van der Waals surface area contributed by atoms with Gasteiger partial charge < -0.3 is 4.90 Å². The van der Waals surface area contributed by atoms with Crippen LogP contribution in [-0.2, 0) is 0 Å². The maximum atomic E-state index is 2.43. The van der Waals surface area contributed by atoms with E-state index in [2.05, 4.69) is 217 Å². The van der Waals surface area contributed by atoms with Crippen molar-refractivity contribution in [2.75, 3.05) is 4.90 Å². The number of benzene rings is 10. The first-order chi connectivity index (χ1) is 26.3. The molecule has 0 aromatic heterocycles. The highest BCUT2D eigenvalue weighted by atomic mass is 15.1. The Kier molecular flexibility index (Phi) is 7.55. The molecule has 53 heavy (non-hydrogen) atoms. The predicted octanol–water partition coefficient (Wildman–Crippen LogP) is 14.8. The molecule has 1 heteroatoms. The van der Waals surface area contributed by atoms with Gasteiger partial charge >= 0.3 is 0 Å².